The zero-order chi connectivity index (χ0) is 18.7. The first-order valence-corrected chi connectivity index (χ1v) is 13.1. The highest BCUT2D eigenvalue weighted by Crippen LogP contribution is 2.80. The van der Waals surface area contributed by atoms with Crippen molar-refractivity contribution < 1.29 is 0 Å². The molecule has 0 unspecified atom stereocenters. The van der Waals surface area contributed by atoms with Crippen molar-refractivity contribution in [3.63, 3.8) is 0 Å². The van der Waals surface area contributed by atoms with Crippen molar-refractivity contribution in [1.82, 2.24) is 0 Å². The summed E-state index contributed by atoms with van der Waals surface area (Å²) < 4.78 is 0. The lowest BCUT2D eigenvalue weighted by atomic mass is 9.98. The minimum absolute atomic E-state index is 0.0695. The topological polar surface area (TPSA) is 0 Å². The van der Waals surface area contributed by atoms with Crippen molar-refractivity contribution in [1.29, 1.82) is 0 Å². The Kier molecular flexibility index (Phi) is 4.61. The quantitative estimate of drug-likeness (QED) is 0.438. The Morgan fingerprint density at radius 2 is 0.962 bits per heavy atom. The maximum atomic E-state index is 2.48. The van der Waals surface area contributed by atoms with E-state index in [1.54, 1.807) is 22.3 Å². The third-order valence-electron chi connectivity index (χ3n) is 6.12. The Morgan fingerprint density at radius 3 is 1.31 bits per heavy atom. The summed E-state index contributed by atoms with van der Waals surface area (Å²) in [4.78, 5) is 0. The Bertz CT molecular complexity index is 740. The second-order valence-corrected chi connectivity index (χ2v) is 16.2. The van der Waals surface area contributed by atoms with Gasteiger partial charge in [0.1, 0.15) is 0 Å². The fourth-order valence-electron chi connectivity index (χ4n) is 4.82. The fraction of sp³-hybridized carbons (Fsp3) is 0.500. The predicted molar refractivity (Wildman–Crippen MR) is 119 cm³/mol. The second kappa shape index (κ2) is 6.43. The summed E-state index contributed by atoms with van der Waals surface area (Å²) in [6.07, 6.45) is 2.62. The van der Waals surface area contributed by atoms with Gasteiger partial charge in [-0.3, -0.25) is 0 Å². The molecule has 138 valence electrons. The van der Waals surface area contributed by atoms with Crippen LogP contribution < -0.4 is 0 Å². The van der Waals surface area contributed by atoms with Gasteiger partial charge in [-0.1, -0.05) is 106 Å². The van der Waals surface area contributed by atoms with Crippen molar-refractivity contribution in [3.8, 4) is 0 Å². The average molecular weight is 382 g/mol. The van der Waals surface area contributed by atoms with Gasteiger partial charge in [-0.25, -0.2) is 0 Å². The summed E-state index contributed by atoms with van der Waals surface area (Å²) in [5, 5.41) is 0.797. The van der Waals surface area contributed by atoms with E-state index >= 15 is 0 Å². The molecule has 2 aliphatic heterocycles. The van der Waals surface area contributed by atoms with Crippen LogP contribution in [-0.4, -0.2) is 10.3 Å². The highest BCUT2D eigenvalue weighted by atomic mass is 31.1. The zero-order valence-corrected chi connectivity index (χ0v) is 18.9. The van der Waals surface area contributed by atoms with E-state index in [4.69, 9.17) is 0 Å². The van der Waals surface area contributed by atoms with E-state index in [1.165, 1.54) is 12.3 Å². The molecular weight excluding hydrogens is 350 g/mol. The summed E-state index contributed by atoms with van der Waals surface area (Å²) in [5.41, 5.74) is 8.07. The molecular formula is C24H32P2. The van der Waals surface area contributed by atoms with Crippen molar-refractivity contribution in [2.45, 2.75) is 75.5 Å². The number of hydrogen-bond acceptors (Lipinski definition) is 0. The molecule has 0 aliphatic carbocycles. The first kappa shape index (κ1) is 18.7. The number of benzene rings is 2. The van der Waals surface area contributed by atoms with Crippen LogP contribution in [0.2, 0.25) is 0 Å². The summed E-state index contributed by atoms with van der Waals surface area (Å²) in [6.45, 7) is 14.9. The van der Waals surface area contributed by atoms with Gasteiger partial charge < -0.3 is 0 Å². The molecule has 2 aromatic carbocycles. The lowest BCUT2D eigenvalue weighted by Gasteiger charge is -2.42. The molecule has 4 atom stereocenters. The molecule has 26 heavy (non-hydrogen) atoms. The maximum absolute atomic E-state index is 2.48. The zero-order valence-electron chi connectivity index (χ0n) is 17.1. The Labute approximate surface area is 162 Å². The first-order chi connectivity index (χ1) is 12.2. The van der Waals surface area contributed by atoms with E-state index in [0.29, 0.717) is 10.3 Å². The lowest BCUT2D eigenvalue weighted by molar-refractivity contribution is 0.736. The smallest absolute Gasteiger partial charge is 0.0161 e. The average Bonchev–Trinajstić information content (AvgIpc) is 3.12. The molecule has 2 heteroatoms. The Morgan fingerprint density at radius 1 is 0.615 bits per heavy atom. The van der Waals surface area contributed by atoms with Crippen molar-refractivity contribution >= 4 is 15.8 Å². The second-order valence-electron chi connectivity index (χ2n) is 9.88. The van der Waals surface area contributed by atoms with Crippen LogP contribution in [0.1, 0.15) is 75.1 Å². The summed E-state index contributed by atoms with van der Waals surface area (Å²) >= 11 is 0. The molecule has 0 saturated carbocycles. The van der Waals surface area contributed by atoms with Crippen LogP contribution in [0.3, 0.4) is 0 Å². The number of rotatable bonds is 1. The lowest BCUT2D eigenvalue weighted by Crippen LogP contribution is -2.20. The number of fused-ring (bicyclic) bond motifs is 2. The standard InChI is InChI=1S/C24H32P2/c1-23(2,3)25-15-17-11-7-9-13-19(17)21(25)22-20-14-10-8-12-18(20)16-26(22)24(4,5)6/h7-14,21-22H,15-16H2,1-6H3/t21-,22+,25-,26+. The van der Waals surface area contributed by atoms with Gasteiger partial charge in [0.15, 0.2) is 0 Å². The largest absolute Gasteiger partial charge is 0.0880 e. The van der Waals surface area contributed by atoms with Crippen molar-refractivity contribution in [2.75, 3.05) is 0 Å². The van der Waals surface area contributed by atoms with Gasteiger partial charge in [0.05, 0.1) is 0 Å². The summed E-state index contributed by atoms with van der Waals surface area (Å²) in [7, 11) is -0.139. The van der Waals surface area contributed by atoms with E-state index in [0.717, 1.165) is 11.3 Å². The predicted octanol–water partition coefficient (Wildman–Crippen LogP) is 8.06. The Hall–Kier alpha value is -0.700. The van der Waals surface area contributed by atoms with Gasteiger partial charge in [-0.15, -0.1) is 0 Å². The third kappa shape index (κ3) is 3.08. The van der Waals surface area contributed by atoms with E-state index in [1.807, 2.05) is 0 Å². The molecule has 0 amide bonds. The van der Waals surface area contributed by atoms with Crippen molar-refractivity contribution in [3.05, 3.63) is 70.8 Å². The molecule has 0 radical (unpaired) electrons. The molecule has 0 nitrogen and oxygen atoms in total. The minimum atomic E-state index is -0.0695. The van der Waals surface area contributed by atoms with Gasteiger partial charge >= 0.3 is 0 Å². The van der Waals surface area contributed by atoms with Gasteiger partial charge in [0, 0.05) is 11.3 Å². The molecule has 0 bridgehead atoms. The first-order valence-electron chi connectivity index (χ1n) is 9.87. The highest BCUT2D eigenvalue weighted by Gasteiger charge is 2.50. The third-order valence-corrected chi connectivity index (χ3v) is 13.7. The maximum Gasteiger partial charge on any atom is 0.0161 e. The van der Waals surface area contributed by atoms with Crippen LogP contribution in [0, 0.1) is 0 Å². The van der Waals surface area contributed by atoms with Gasteiger partial charge in [0.2, 0.25) is 0 Å². The van der Waals surface area contributed by atoms with Crippen LogP contribution in [0.4, 0.5) is 0 Å². The molecule has 2 aromatic rings. The number of hydrogen-bond donors (Lipinski definition) is 0. The van der Waals surface area contributed by atoms with Crippen molar-refractivity contribution in [2.24, 2.45) is 0 Å². The molecule has 2 aliphatic rings. The van der Waals surface area contributed by atoms with Crippen LogP contribution in [-0.2, 0) is 12.3 Å². The normalized spacial score (nSPS) is 28.1. The summed E-state index contributed by atoms with van der Waals surface area (Å²) in [6, 6.07) is 18.7. The van der Waals surface area contributed by atoms with Gasteiger partial charge in [-0.2, -0.15) is 0 Å². The van der Waals surface area contributed by atoms with E-state index in [-0.39, 0.29) is 15.8 Å². The van der Waals surface area contributed by atoms with E-state index < -0.39 is 0 Å². The molecule has 0 spiro atoms. The van der Waals surface area contributed by atoms with Gasteiger partial charge in [0.25, 0.3) is 0 Å². The van der Waals surface area contributed by atoms with Crippen LogP contribution in [0.25, 0.3) is 0 Å². The molecule has 0 saturated heterocycles. The monoisotopic (exact) mass is 382 g/mol. The molecule has 0 fully saturated rings. The van der Waals surface area contributed by atoms with Crippen LogP contribution >= 0.6 is 15.8 Å². The summed E-state index contributed by atoms with van der Waals surface area (Å²) in [5.74, 6) is 0. The van der Waals surface area contributed by atoms with Gasteiger partial charge in [-0.05, 0) is 44.9 Å². The van der Waals surface area contributed by atoms with E-state index in [9.17, 15) is 0 Å². The molecule has 0 N–H and O–H groups in total. The molecule has 4 rings (SSSR count). The highest BCUT2D eigenvalue weighted by molar-refractivity contribution is 7.63. The van der Waals surface area contributed by atoms with Crippen LogP contribution in [0.15, 0.2) is 48.5 Å². The van der Waals surface area contributed by atoms with E-state index in [2.05, 4.69) is 90.1 Å². The molecule has 0 aromatic heterocycles. The van der Waals surface area contributed by atoms with Crippen LogP contribution in [0.5, 0.6) is 0 Å². The minimum Gasteiger partial charge on any atom is -0.0880 e. The molecule has 2 heterocycles. The SMILES string of the molecule is CC(C)(C)[P@]1Cc2ccccc2[C@@H]1[C@@H]1c2ccccc2C[P@]1C(C)(C)C. The fourth-order valence-corrected chi connectivity index (χ4v) is 12.3. The Balaban J connectivity index is 1.89.